The summed E-state index contributed by atoms with van der Waals surface area (Å²) in [6.07, 6.45) is 0. The molecule has 0 aromatic rings. The lowest BCUT2D eigenvalue weighted by Crippen LogP contribution is -2.22. The second-order valence-electron chi connectivity index (χ2n) is 2.04. The maximum atomic E-state index is 9.97. The molecular formula is C6H12BrClO2. The minimum Gasteiger partial charge on any atom is -0.480 e. The average molecular weight is 232 g/mol. The lowest BCUT2D eigenvalue weighted by atomic mass is 10.2. The highest BCUT2D eigenvalue weighted by molar-refractivity contribution is 9.10. The molecule has 0 atom stereocenters. The maximum Gasteiger partial charge on any atom is 0.319 e. The first-order chi connectivity index (χ1) is 4.36. The Balaban J connectivity index is 0. The van der Waals surface area contributed by atoms with E-state index < -0.39 is 10.3 Å². The van der Waals surface area contributed by atoms with Crippen LogP contribution in [-0.2, 0) is 4.79 Å². The quantitative estimate of drug-likeness (QED) is 0.704. The third-order valence-corrected chi connectivity index (χ3v) is 0.848. The molecule has 0 fully saturated rings. The molecule has 0 spiro atoms. The summed E-state index contributed by atoms with van der Waals surface area (Å²) in [7, 11) is 0. The van der Waals surface area contributed by atoms with Crippen LogP contribution in [0.25, 0.3) is 0 Å². The van der Waals surface area contributed by atoms with Crippen LogP contribution >= 0.6 is 27.5 Å². The molecule has 0 saturated carbocycles. The van der Waals surface area contributed by atoms with Crippen molar-refractivity contribution >= 4 is 33.5 Å². The molecule has 0 radical (unpaired) electrons. The lowest BCUT2D eigenvalue weighted by molar-refractivity contribution is -0.138. The monoisotopic (exact) mass is 230 g/mol. The van der Waals surface area contributed by atoms with Gasteiger partial charge in [-0.25, -0.2) is 0 Å². The van der Waals surface area contributed by atoms with Crippen molar-refractivity contribution in [2.75, 3.05) is 5.88 Å². The van der Waals surface area contributed by atoms with Gasteiger partial charge in [-0.05, 0) is 13.8 Å². The number of carboxylic acid groups (broad SMARTS) is 1. The number of hydrogen-bond donors (Lipinski definition) is 1. The van der Waals surface area contributed by atoms with Crippen LogP contribution in [0.3, 0.4) is 0 Å². The Morgan fingerprint density at radius 3 is 1.80 bits per heavy atom. The van der Waals surface area contributed by atoms with E-state index in [1.54, 1.807) is 13.8 Å². The summed E-state index contributed by atoms with van der Waals surface area (Å²) in [5.41, 5.74) is 0. The molecule has 0 aromatic carbocycles. The van der Waals surface area contributed by atoms with E-state index in [1.165, 1.54) is 0 Å². The van der Waals surface area contributed by atoms with Crippen LogP contribution in [0, 0.1) is 0 Å². The largest absolute Gasteiger partial charge is 0.480 e. The van der Waals surface area contributed by atoms with E-state index in [4.69, 9.17) is 16.7 Å². The van der Waals surface area contributed by atoms with Crippen LogP contribution in [0.2, 0.25) is 0 Å². The van der Waals surface area contributed by atoms with E-state index in [0.29, 0.717) is 0 Å². The fraction of sp³-hybridized carbons (Fsp3) is 0.833. The molecule has 0 saturated heterocycles. The van der Waals surface area contributed by atoms with Gasteiger partial charge in [0.15, 0.2) is 0 Å². The predicted molar refractivity (Wildman–Crippen MR) is 47.0 cm³/mol. The number of alkyl halides is 2. The highest BCUT2D eigenvalue weighted by Gasteiger charge is 2.21. The van der Waals surface area contributed by atoms with Crippen molar-refractivity contribution in [3.05, 3.63) is 0 Å². The molecule has 0 aliphatic heterocycles. The SMILES string of the molecule is CC(C)(Br)C(=O)O.CCCl. The molecule has 4 heteroatoms. The molecule has 1 N–H and O–H groups in total. The van der Waals surface area contributed by atoms with Crippen LogP contribution < -0.4 is 0 Å². The van der Waals surface area contributed by atoms with Crippen LogP contribution in [-0.4, -0.2) is 21.3 Å². The Bertz CT molecular complexity index is 98.4. The van der Waals surface area contributed by atoms with Crippen LogP contribution in [0.1, 0.15) is 20.8 Å². The van der Waals surface area contributed by atoms with Gasteiger partial charge in [-0.3, -0.25) is 4.79 Å². The van der Waals surface area contributed by atoms with Gasteiger partial charge in [-0.2, -0.15) is 0 Å². The highest BCUT2D eigenvalue weighted by atomic mass is 79.9. The number of rotatable bonds is 1. The first-order valence-corrected chi connectivity index (χ1v) is 4.17. The summed E-state index contributed by atoms with van der Waals surface area (Å²) in [4.78, 5) is 9.97. The third kappa shape index (κ3) is 11.1. The summed E-state index contributed by atoms with van der Waals surface area (Å²) < 4.78 is -0.771. The third-order valence-electron chi connectivity index (χ3n) is 0.509. The fourth-order valence-electron chi connectivity index (χ4n) is 0. The summed E-state index contributed by atoms with van der Waals surface area (Å²) in [6.45, 7) is 5.05. The smallest absolute Gasteiger partial charge is 0.319 e. The van der Waals surface area contributed by atoms with E-state index in [9.17, 15) is 4.79 Å². The van der Waals surface area contributed by atoms with Crippen molar-refractivity contribution in [3.8, 4) is 0 Å². The number of carboxylic acids is 1. The number of halogens is 2. The van der Waals surface area contributed by atoms with Crippen LogP contribution in [0.15, 0.2) is 0 Å². The maximum absolute atomic E-state index is 9.97. The van der Waals surface area contributed by atoms with E-state index in [2.05, 4.69) is 15.9 Å². The molecule has 0 aliphatic rings. The highest BCUT2D eigenvalue weighted by Crippen LogP contribution is 2.14. The molecule has 62 valence electrons. The van der Waals surface area contributed by atoms with Crippen molar-refractivity contribution in [3.63, 3.8) is 0 Å². The molecule has 0 aromatic heterocycles. The van der Waals surface area contributed by atoms with Gasteiger partial charge in [0, 0.05) is 5.88 Å². The van der Waals surface area contributed by atoms with Gasteiger partial charge < -0.3 is 5.11 Å². The first-order valence-electron chi connectivity index (χ1n) is 2.84. The number of aliphatic carboxylic acids is 1. The van der Waals surface area contributed by atoms with Crippen molar-refractivity contribution in [2.24, 2.45) is 0 Å². The van der Waals surface area contributed by atoms with Gasteiger partial charge in [-0.1, -0.05) is 22.9 Å². The molecule has 0 unspecified atom stereocenters. The molecule has 0 heterocycles. The van der Waals surface area contributed by atoms with Crippen molar-refractivity contribution in [1.29, 1.82) is 0 Å². The Hall–Kier alpha value is 0.240. The van der Waals surface area contributed by atoms with Gasteiger partial charge >= 0.3 is 5.97 Å². The zero-order valence-corrected chi connectivity index (χ0v) is 8.66. The van der Waals surface area contributed by atoms with Crippen LogP contribution in [0.4, 0.5) is 0 Å². The average Bonchev–Trinajstić information content (AvgIpc) is 1.64. The van der Waals surface area contributed by atoms with Gasteiger partial charge in [0.05, 0.1) is 0 Å². The minimum atomic E-state index is -0.840. The van der Waals surface area contributed by atoms with Gasteiger partial charge in [0.25, 0.3) is 0 Å². The van der Waals surface area contributed by atoms with Gasteiger partial charge in [0.1, 0.15) is 4.32 Å². The fourth-order valence-corrected chi connectivity index (χ4v) is 0. The molecule has 0 bridgehead atoms. The molecular weight excluding hydrogens is 219 g/mol. The first kappa shape index (κ1) is 12.9. The van der Waals surface area contributed by atoms with Crippen LogP contribution in [0.5, 0.6) is 0 Å². The molecule has 0 rings (SSSR count). The minimum absolute atomic E-state index is 0.722. The standard InChI is InChI=1S/C4H7BrO2.C2H5Cl/c1-4(2,5)3(6)7;1-2-3/h1-2H3,(H,6,7);2H2,1H3. The van der Waals surface area contributed by atoms with Crippen molar-refractivity contribution in [2.45, 2.75) is 25.1 Å². The molecule has 10 heavy (non-hydrogen) atoms. The van der Waals surface area contributed by atoms with Gasteiger partial charge in [-0.15, -0.1) is 11.6 Å². The molecule has 0 aliphatic carbocycles. The predicted octanol–water partition coefficient (Wildman–Crippen LogP) is 2.49. The normalized spacial score (nSPS) is 9.70. The number of hydrogen-bond acceptors (Lipinski definition) is 1. The lowest BCUT2D eigenvalue weighted by Gasteiger charge is -2.06. The topological polar surface area (TPSA) is 37.3 Å². The van der Waals surface area contributed by atoms with E-state index in [1.807, 2.05) is 6.92 Å². The summed E-state index contributed by atoms with van der Waals surface area (Å²) in [5, 5.41) is 8.20. The zero-order valence-electron chi connectivity index (χ0n) is 6.32. The Kier molecular flexibility index (Phi) is 7.70. The van der Waals surface area contributed by atoms with E-state index >= 15 is 0 Å². The zero-order chi connectivity index (χ0) is 8.78. The van der Waals surface area contributed by atoms with Gasteiger partial charge in [0.2, 0.25) is 0 Å². The van der Waals surface area contributed by atoms with Crippen molar-refractivity contribution < 1.29 is 9.90 Å². The molecule has 2 nitrogen and oxygen atoms in total. The van der Waals surface area contributed by atoms with E-state index in [-0.39, 0.29) is 0 Å². The Morgan fingerprint density at radius 1 is 1.70 bits per heavy atom. The summed E-state index contributed by atoms with van der Waals surface area (Å²) in [6, 6.07) is 0. The van der Waals surface area contributed by atoms with Crippen molar-refractivity contribution in [1.82, 2.24) is 0 Å². The molecule has 0 amide bonds. The second kappa shape index (κ2) is 5.98. The second-order valence-corrected chi connectivity index (χ2v) is 4.56. The Labute approximate surface area is 74.7 Å². The van der Waals surface area contributed by atoms with E-state index in [0.717, 1.165) is 5.88 Å². The Morgan fingerprint density at radius 2 is 1.80 bits per heavy atom. The number of carbonyl (C=O) groups is 1. The summed E-state index contributed by atoms with van der Waals surface area (Å²) in [5.74, 6) is -0.118. The summed E-state index contributed by atoms with van der Waals surface area (Å²) >= 11 is 7.94.